The monoisotopic (exact) mass is 207 g/mol. The molecule has 0 N–H and O–H groups in total. The number of nitro benzene ring substituents is 1. The molecule has 78 valence electrons. The molecule has 0 bridgehead atoms. The molecule has 0 spiro atoms. The van der Waals surface area contributed by atoms with E-state index in [2.05, 4.69) is 0 Å². The Labute approximate surface area is 85.8 Å². The SMILES string of the molecule is Cc1cc2c(cc1[N+](=O)[O-])OCCC2=O. The van der Waals surface area contributed by atoms with Crippen LogP contribution in [0.25, 0.3) is 0 Å². The highest BCUT2D eigenvalue weighted by Gasteiger charge is 2.23. The summed E-state index contributed by atoms with van der Waals surface area (Å²) in [5, 5.41) is 10.7. The van der Waals surface area contributed by atoms with E-state index in [0.717, 1.165) is 0 Å². The molecule has 0 fully saturated rings. The zero-order valence-electron chi connectivity index (χ0n) is 8.15. The van der Waals surface area contributed by atoms with Crippen molar-refractivity contribution in [2.24, 2.45) is 0 Å². The molecule has 5 heteroatoms. The molecule has 1 heterocycles. The zero-order valence-corrected chi connectivity index (χ0v) is 8.15. The highest BCUT2D eigenvalue weighted by molar-refractivity contribution is 6.00. The zero-order chi connectivity index (χ0) is 11.0. The number of hydrogen-bond donors (Lipinski definition) is 0. The second-order valence-electron chi connectivity index (χ2n) is 3.41. The predicted molar refractivity (Wildman–Crippen MR) is 52.3 cm³/mol. The maximum Gasteiger partial charge on any atom is 0.276 e. The van der Waals surface area contributed by atoms with E-state index in [9.17, 15) is 14.9 Å². The normalized spacial score (nSPS) is 14.3. The summed E-state index contributed by atoms with van der Waals surface area (Å²) in [6.07, 6.45) is 0.338. The van der Waals surface area contributed by atoms with E-state index in [1.54, 1.807) is 6.92 Å². The summed E-state index contributed by atoms with van der Waals surface area (Å²) < 4.78 is 5.21. The number of carbonyl (C=O) groups excluding carboxylic acids is 1. The van der Waals surface area contributed by atoms with E-state index < -0.39 is 4.92 Å². The Hall–Kier alpha value is -1.91. The third-order valence-corrected chi connectivity index (χ3v) is 2.38. The number of ether oxygens (including phenoxy) is 1. The summed E-state index contributed by atoms with van der Waals surface area (Å²) in [6, 6.07) is 2.84. The molecule has 5 nitrogen and oxygen atoms in total. The van der Waals surface area contributed by atoms with Crippen LogP contribution in [0.5, 0.6) is 5.75 Å². The van der Waals surface area contributed by atoms with Gasteiger partial charge >= 0.3 is 0 Å². The average molecular weight is 207 g/mol. The third-order valence-electron chi connectivity index (χ3n) is 2.38. The van der Waals surface area contributed by atoms with Crippen molar-refractivity contribution in [3.63, 3.8) is 0 Å². The second kappa shape index (κ2) is 3.34. The van der Waals surface area contributed by atoms with Crippen molar-refractivity contribution in [3.8, 4) is 5.75 Å². The van der Waals surface area contributed by atoms with Crippen LogP contribution in [0, 0.1) is 17.0 Å². The predicted octanol–water partition coefficient (Wildman–Crippen LogP) is 1.87. The Bertz CT molecular complexity index is 453. The average Bonchev–Trinajstić information content (AvgIpc) is 2.18. The first kappa shape index (κ1) is 9.64. The molecule has 2 rings (SSSR count). The lowest BCUT2D eigenvalue weighted by atomic mass is 10.0. The quantitative estimate of drug-likeness (QED) is 0.520. The van der Waals surface area contributed by atoms with E-state index in [-0.39, 0.29) is 11.5 Å². The molecular weight excluding hydrogens is 198 g/mol. The number of hydrogen-bond acceptors (Lipinski definition) is 4. The van der Waals surface area contributed by atoms with Gasteiger partial charge in [0.2, 0.25) is 0 Å². The fourth-order valence-corrected chi connectivity index (χ4v) is 1.60. The van der Waals surface area contributed by atoms with Crippen LogP contribution in [0.15, 0.2) is 12.1 Å². The lowest BCUT2D eigenvalue weighted by molar-refractivity contribution is -0.385. The number of Topliss-reactive ketones (excluding diaryl/α,β-unsaturated/α-hetero) is 1. The molecule has 15 heavy (non-hydrogen) atoms. The molecule has 1 aliphatic heterocycles. The van der Waals surface area contributed by atoms with Gasteiger partial charge in [-0.05, 0) is 13.0 Å². The molecule has 0 radical (unpaired) electrons. The van der Waals surface area contributed by atoms with Gasteiger partial charge in [-0.2, -0.15) is 0 Å². The molecule has 0 saturated heterocycles. The van der Waals surface area contributed by atoms with Crippen molar-refractivity contribution in [1.82, 2.24) is 0 Å². The first-order chi connectivity index (χ1) is 7.09. The number of aryl methyl sites for hydroxylation is 1. The van der Waals surface area contributed by atoms with Crippen LogP contribution in [0.1, 0.15) is 22.3 Å². The number of ketones is 1. The van der Waals surface area contributed by atoms with Gasteiger partial charge in [0.1, 0.15) is 5.75 Å². The maximum absolute atomic E-state index is 11.5. The number of rotatable bonds is 1. The molecule has 0 aliphatic carbocycles. The summed E-state index contributed by atoms with van der Waals surface area (Å²) in [6.45, 7) is 1.91. The molecule has 0 amide bonds. The minimum absolute atomic E-state index is 0.0107. The maximum atomic E-state index is 11.5. The van der Waals surface area contributed by atoms with Gasteiger partial charge in [0, 0.05) is 12.0 Å². The Morgan fingerprint density at radius 3 is 2.87 bits per heavy atom. The fraction of sp³-hybridized carbons (Fsp3) is 0.300. The fourth-order valence-electron chi connectivity index (χ4n) is 1.60. The summed E-state index contributed by atoms with van der Waals surface area (Å²) >= 11 is 0. The van der Waals surface area contributed by atoms with Crippen molar-refractivity contribution in [2.45, 2.75) is 13.3 Å². The lowest BCUT2D eigenvalue weighted by Crippen LogP contribution is -2.15. The largest absolute Gasteiger partial charge is 0.492 e. The van der Waals surface area contributed by atoms with Gasteiger partial charge in [-0.15, -0.1) is 0 Å². The Morgan fingerprint density at radius 1 is 1.47 bits per heavy atom. The van der Waals surface area contributed by atoms with Crippen molar-refractivity contribution < 1.29 is 14.5 Å². The van der Waals surface area contributed by atoms with Crippen LogP contribution in [0.3, 0.4) is 0 Å². The highest BCUT2D eigenvalue weighted by Crippen LogP contribution is 2.31. The van der Waals surface area contributed by atoms with Crippen molar-refractivity contribution >= 4 is 11.5 Å². The second-order valence-corrected chi connectivity index (χ2v) is 3.41. The van der Waals surface area contributed by atoms with E-state index in [0.29, 0.717) is 29.9 Å². The van der Waals surface area contributed by atoms with Gasteiger partial charge in [-0.1, -0.05) is 0 Å². The van der Waals surface area contributed by atoms with Crippen molar-refractivity contribution in [3.05, 3.63) is 33.4 Å². The summed E-state index contributed by atoms with van der Waals surface area (Å²) in [4.78, 5) is 21.6. The first-order valence-corrected chi connectivity index (χ1v) is 4.54. The Morgan fingerprint density at radius 2 is 2.20 bits per heavy atom. The highest BCUT2D eigenvalue weighted by atomic mass is 16.6. The van der Waals surface area contributed by atoms with Crippen LogP contribution >= 0.6 is 0 Å². The third kappa shape index (κ3) is 1.56. The standard InChI is InChI=1S/C10H9NO4/c1-6-4-7-9(12)2-3-15-10(7)5-8(6)11(13)14/h4-5H,2-3H2,1H3. The molecule has 0 atom stereocenters. The van der Waals surface area contributed by atoms with Crippen LogP contribution in [0.2, 0.25) is 0 Å². The molecule has 1 aliphatic rings. The van der Waals surface area contributed by atoms with Crippen molar-refractivity contribution in [1.29, 1.82) is 0 Å². The summed E-state index contributed by atoms with van der Waals surface area (Å²) in [7, 11) is 0. The lowest BCUT2D eigenvalue weighted by Gasteiger charge is -2.16. The van der Waals surface area contributed by atoms with Gasteiger partial charge in [0.15, 0.2) is 5.78 Å². The molecule has 0 unspecified atom stereocenters. The molecule has 0 saturated carbocycles. The number of carbonyl (C=O) groups is 1. The molecule has 0 aromatic heterocycles. The van der Waals surface area contributed by atoms with Crippen LogP contribution < -0.4 is 4.74 Å². The number of nitrogens with zero attached hydrogens (tertiary/aromatic N) is 1. The van der Waals surface area contributed by atoms with E-state index in [4.69, 9.17) is 4.74 Å². The Kier molecular flexibility index (Phi) is 2.15. The van der Waals surface area contributed by atoms with Gasteiger partial charge < -0.3 is 4.74 Å². The number of benzene rings is 1. The van der Waals surface area contributed by atoms with Crippen LogP contribution in [-0.2, 0) is 0 Å². The van der Waals surface area contributed by atoms with Gasteiger partial charge in [0.25, 0.3) is 5.69 Å². The smallest absolute Gasteiger partial charge is 0.276 e. The van der Waals surface area contributed by atoms with Gasteiger partial charge in [-0.25, -0.2) is 0 Å². The van der Waals surface area contributed by atoms with Gasteiger partial charge in [-0.3, -0.25) is 14.9 Å². The minimum atomic E-state index is -0.474. The molecule has 1 aromatic carbocycles. The summed E-state index contributed by atoms with van der Waals surface area (Å²) in [5.74, 6) is 0.304. The Balaban J connectivity index is 2.59. The van der Waals surface area contributed by atoms with E-state index >= 15 is 0 Å². The number of fused-ring (bicyclic) bond motifs is 1. The summed E-state index contributed by atoms with van der Waals surface area (Å²) in [5.41, 5.74) is 0.922. The molecular formula is C10H9NO4. The van der Waals surface area contributed by atoms with E-state index in [1.165, 1.54) is 12.1 Å². The van der Waals surface area contributed by atoms with Crippen molar-refractivity contribution in [2.75, 3.05) is 6.61 Å². The number of nitro groups is 1. The van der Waals surface area contributed by atoms with Crippen LogP contribution in [0.4, 0.5) is 5.69 Å². The minimum Gasteiger partial charge on any atom is -0.492 e. The van der Waals surface area contributed by atoms with E-state index in [1.807, 2.05) is 0 Å². The molecule has 1 aromatic rings. The van der Waals surface area contributed by atoms with Crippen LogP contribution in [-0.4, -0.2) is 17.3 Å². The van der Waals surface area contributed by atoms with Gasteiger partial charge in [0.05, 0.1) is 23.2 Å². The first-order valence-electron chi connectivity index (χ1n) is 4.54. The topological polar surface area (TPSA) is 69.4 Å².